The molecule has 2 aromatic rings. The molecule has 0 aliphatic carbocycles. The van der Waals surface area contributed by atoms with Crippen molar-refractivity contribution in [3.05, 3.63) is 29.7 Å². The number of hydrogen-bond acceptors (Lipinski definition) is 7. The summed E-state index contributed by atoms with van der Waals surface area (Å²) < 4.78 is 60.4. The SMILES string of the molecule is C#CCN(c1sc(-c2cccnc2)nc1Cl)C(O)CCS(=O)(=O)CCC(F)(F)F. The highest BCUT2D eigenvalue weighted by Gasteiger charge is 2.30. The summed E-state index contributed by atoms with van der Waals surface area (Å²) in [4.78, 5) is 9.49. The number of terminal acetylenes is 1. The number of anilines is 1. The van der Waals surface area contributed by atoms with Gasteiger partial charge in [-0.15, -0.1) is 6.42 Å². The van der Waals surface area contributed by atoms with Crippen molar-refractivity contribution in [3.8, 4) is 22.9 Å². The lowest BCUT2D eigenvalue weighted by molar-refractivity contribution is -0.129. The Bertz CT molecular complexity index is 960. The number of alkyl halides is 3. The minimum atomic E-state index is -4.57. The molecule has 158 valence electrons. The first-order valence-electron chi connectivity index (χ1n) is 8.24. The summed E-state index contributed by atoms with van der Waals surface area (Å²) in [6, 6.07) is 3.48. The molecule has 1 atom stereocenters. The zero-order valence-electron chi connectivity index (χ0n) is 14.9. The van der Waals surface area contributed by atoms with Crippen LogP contribution >= 0.6 is 22.9 Å². The Labute approximate surface area is 175 Å². The second kappa shape index (κ2) is 9.75. The van der Waals surface area contributed by atoms with Crippen molar-refractivity contribution in [3.63, 3.8) is 0 Å². The molecule has 0 aliphatic rings. The van der Waals surface area contributed by atoms with Gasteiger partial charge in [0.25, 0.3) is 0 Å². The van der Waals surface area contributed by atoms with Crippen molar-refractivity contribution in [1.29, 1.82) is 0 Å². The highest BCUT2D eigenvalue weighted by atomic mass is 35.5. The third kappa shape index (κ3) is 7.15. The van der Waals surface area contributed by atoms with E-state index in [0.29, 0.717) is 15.6 Å². The number of hydrogen-bond donors (Lipinski definition) is 1. The van der Waals surface area contributed by atoms with Crippen molar-refractivity contribution in [2.24, 2.45) is 0 Å². The number of nitrogens with zero attached hydrogens (tertiary/aromatic N) is 3. The zero-order chi connectivity index (χ0) is 21.7. The van der Waals surface area contributed by atoms with Crippen molar-refractivity contribution in [2.75, 3.05) is 23.0 Å². The molecule has 0 saturated heterocycles. The largest absolute Gasteiger partial charge is 0.390 e. The number of halogens is 4. The van der Waals surface area contributed by atoms with E-state index in [-0.39, 0.29) is 18.1 Å². The van der Waals surface area contributed by atoms with Gasteiger partial charge in [0.15, 0.2) is 15.0 Å². The quantitative estimate of drug-likeness (QED) is 0.449. The molecular weight excluding hydrogens is 451 g/mol. The average Bonchev–Trinajstić information content (AvgIpc) is 3.04. The van der Waals surface area contributed by atoms with E-state index in [1.54, 1.807) is 24.5 Å². The fourth-order valence-corrected chi connectivity index (χ4v) is 4.98. The monoisotopic (exact) mass is 467 g/mol. The van der Waals surface area contributed by atoms with Gasteiger partial charge >= 0.3 is 6.18 Å². The van der Waals surface area contributed by atoms with E-state index in [1.165, 1.54) is 4.90 Å². The molecule has 0 saturated carbocycles. The molecule has 2 aromatic heterocycles. The van der Waals surface area contributed by atoms with E-state index in [1.807, 2.05) is 0 Å². The minimum Gasteiger partial charge on any atom is -0.374 e. The van der Waals surface area contributed by atoms with E-state index in [2.05, 4.69) is 15.9 Å². The van der Waals surface area contributed by atoms with Gasteiger partial charge < -0.3 is 10.0 Å². The van der Waals surface area contributed by atoms with E-state index >= 15 is 0 Å². The Morgan fingerprint density at radius 2 is 2.10 bits per heavy atom. The molecule has 29 heavy (non-hydrogen) atoms. The number of rotatable bonds is 9. The van der Waals surface area contributed by atoms with Gasteiger partial charge in [-0.1, -0.05) is 28.9 Å². The predicted molar refractivity (Wildman–Crippen MR) is 106 cm³/mol. The molecule has 0 bridgehead atoms. The number of aliphatic hydroxyl groups excluding tert-OH is 1. The third-order valence-corrected chi connectivity index (χ3v) is 6.94. The fourth-order valence-electron chi connectivity index (χ4n) is 2.31. The molecule has 6 nitrogen and oxygen atoms in total. The molecule has 2 heterocycles. The Morgan fingerprint density at radius 3 is 2.69 bits per heavy atom. The van der Waals surface area contributed by atoms with Crippen LogP contribution in [0.3, 0.4) is 0 Å². The van der Waals surface area contributed by atoms with E-state index in [4.69, 9.17) is 18.0 Å². The van der Waals surface area contributed by atoms with Gasteiger partial charge in [0, 0.05) is 24.4 Å². The summed E-state index contributed by atoms with van der Waals surface area (Å²) in [6.45, 7) is -0.0990. The first kappa shape index (κ1) is 23.4. The van der Waals surface area contributed by atoms with Crippen LogP contribution in [-0.4, -0.2) is 53.9 Å². The second-order valence-electron chi connectivity index (χ2n) is 5.97. The van der Waals surface area contributed by atoms with Crippen molar-refractivity contribution < 1.29 is 26.7 Å². The summed E-state index contributed by atoms with van der Waals surface area (Å²) in [5.41, 5.74) is 0.690. The highest BCUT2D eigenvalue weighted by Crippen LogP contribution is 2.38. The number of aliphatic hydroxyl groups is 1. The average molecular weight is 468 g/mol. The lowest BCUT2D eigenvalue weighted by atomic mass is 10.3. The van der Waals surface area contributed by atoms with Gasteiger partial charge in [-0.2, -0.15) is 13.2 Å². The summed E-state index contributed by atoms with van der Waals surface area (Å²) in [6.07, 6.45) is 0.794. The van der Waals surface area contributed by atoms with Crippen LogP contribution in [0, 0.1) is 12.3 Å². The first-order chi connectivity index (χ1) is 13.5. The summed E-state index contributed by atoms with van der Waals surface area (Å²) >= 11 is 7.30. The van der Waals surface area contributed by atoms with Gasteiger partial charge in [0.05, 0.1) is 24.5 Å². The maximum Gasteiger partial charge on any atom is 0.390 e. The summed E-state index contributed by atoms with van der Waals surface area (Å²) in [7, 11) is -4.00. The Hall–Kier alpha value is -1.87. The molecule has 12 heteroatoms. The molecule has 0 spiro atoms. The van der Waals surface area contributed by atoms with Crippen LogP contribution in [0.15, 0.2) is 24.5 Å². The normalized spacial score (nSPS) is 13.1. The van der Waals surface area contributed by atoms with Crippen LogP contribution in [0.2, 0.25) is 5.15 Å². The molecule has 1 unspecified atom stereocenters. The third-order valence-electron chi connectivity index (χ3n) is 3.74. The smallest absolute Gasteiger partial charge is 0.374 e. The fraction of sp³-hybridized carbons (Fsp3) is 0.412. The van der Waals surface area contributed by atoms with E-state index in [0.717, 1.165) is 11.3 Å². The molecule has 0 aliphatic heterocycles. The van der Waals surface area contributed by atoms with Gasteiger partial charge in [-0.3, -0.25) is 4.98 Å². The highest BCUT2D eigenvalue weighted by molar-refractivity contribution is 7.91. The molecule has 2 rings (SSSR count). The topological polar surface area (TPSA) is 83.4 Å². The summed E-state index contributed by atoms with van der Waals surface area (Å²) in [5, 5.41) is 11.3. The number of sulfone groups is 1. The Balaban J connectivity index is 2.13. The minimum absolute atomic E-state index is 0.0584. The van der Waals surface area contributed by atoms with Crippen LogP contribution in [0.25, 0.3) is 10.6 Å². The van der Waals surface area contributed by atoms with Crippen LogP contribution in [0.1, 0.15) is 12.8 Å². The van der Waals surface area contributed by atoms with Crippen molar-refractivity contribution in [2.45, 2.75) is 25.2 Å². The number of pyridine rings is 1. The maximum absolute atomic E-state index is 12.3. The number of thiazole rings is 1. The standard InChI is InChI=1S/C17H17ClF3N3O3S2/c1-2-8-24(13(25)5-9-29(26,27)10-6-17(19,20)21)16-14(18)23-15(28-16)12-4-3-7-22-11-12/h1,3-4,7,11,13,25H,5-6,8-10H2. The Kier molecular flexibility index (Phi) is 7.87. The summed E-state index contributed by atoms with van der Waals surface area (Å²) in [5.74, 6) is 0.677. The lowest BCUT2D eigenvalue weighted by Crippen LogP contribution is -2.37. The predicted octanol–water partition coefficient (Wildman–Crippen LogP) is 3.37. The molecule has 0 aromatic carbocycles. The van der Waals surface area contributed by atoms with E-state index in [9.17, 15) is 26.7 Å². The number of aromatic nitrogens is 2. The molecule has 0 radical (unpaired) electrons. The molecule has 1 N–H and O–H groups in total. The van der Waals surface area contributed by atoms with Crippen molar-refractivity contribution >= 4 is 37.8 Å². The van der Waals surface area contributed by atoms with Gasteiger partial charge in [0.2, 0.25) is 0 Å². The first-order valence-corrected chi connectivity index (χ1v) is 11.3. The van der Waals surface area contributed by atoms with Crippen molar-refractivity contribution in [1.82, 2.24) is 9.97 Å². The maximum atomic E-state index is 12.3. The van der Waals surface area contributed by atoms with Gasteiger partial charge in [-0.25, -0.2) is 13.4 Å². The second-order valence-corrected chi connectivity index (χ2v) is 9.61. The van der Waals surface area contributed by atoms with Gasteiger partial charge in [-0.05, 0) is 12.1 Å². The van der Waals surface area contributed by atoms with Gasteiger partial charge in [0.1, 0.15) is 16.2 Å². The zero-order valence-corrected chi connectivity index (χ0v) is 17.3. The van der Waals surface area contributed by atoms with Crippen LogP contribution in [-0.2, 0) is 9.84 Å². The van der Waals surface area contributed by atoms with Crippen LogP contribution < -0.4 is 4.90 Å². The molecular formula is C17H17ClF3N3O3S2. The molecule has 0 fully saturated rings. The van der Waals surface area contributed by atoms with Crippen LogP contribution in [0.5, 0.6) is 0 Å². The van der Waals surface area contributed by atoms with E-state index < -0.39 is 40.2 Å². The van der Waals surface area contributed by atoms with Crippen LogP contribution in [0.4, 0.5) is 18.2 Å². The Morgan fingerprint density at radius 1 is 1.38 bits per heavy atom. The molecule has 0 amide bonds. The lowest BCUT2D eigenvalue weighted by Gasteiger charge is -2.26.